The summed E-state index contributed by atoms with van der Waals surface area (Å²) in [6.45, 7) is 1.91. The minimum atomic E-state index is -0.184. The van der Waals surface area contributed by atoms with E-state index in [2.05, 4.69) is 15.5 Å². The normalized spacial score (nSPS) is 10.8. The minimum Gasteiger partial charge on any atom is -0.463 e. The maximum Gasteiger partial charge on any atom is 0.250 e. The van der Waals surface area contributed by atoms with Crippen molar-refractivity contribution in [1.29, 1.82) is 0 Å². The summed E-state index contributed by atoms with van der Waals surface area (Å²) in [5.41, 5.74) is 3.41. The molecule has 0 saturated carbocycles. The van der Waals surface area contributed by atoms with E-state index in [9.17, 15) is 4.79 Å². The monoisotopic (exact) mass is 275 g/mol. The predicted octanol–water partition coefficient (Wildman–Crippen LogP) is 2.23. The first-order valence-corrected chi connectivity index (χ1v) is 6.64. The Morgan fingerprint density at radius 1 is 1.53 bits per heavy atom. The van der Waals surface area contributed by atoms with Crippen LogP contribution in [0.25, 0.3) is 0 Å². The van der Waals surface area contributed by atoms with Gasteiger partial charge in [-0.1, -0.05) is 17.8 Å². The lowest BCUT2D eigenvalue weighted by Gasteiger charge is -1.99. The van der Waals surface area contributed by atoms with Gasteiger partial charge in [0.1, 0.15) is 5.76 Å². The average Bonchev–Trinajstić information content (AvgIpc) is 2.83. The number of hydrazone groups is 1. The van der Waals surface area contributed by atoms with Crippen LogP contribution < -0.4 is 5.43 Å². The van der Waals surface area contributed by atoms with Gasteiger partial charge >= 0.3 is 0 Å². The van der Waals surface area contributed by atoms with Gasteiger partial charge in [-0.05, 0) is 30.7 Å². The van der Waals surface area contributed by atoms with Crippen molar-refractivity contribution in [2.75, 3.05) is 5.75 Å². The number of carbonyl (C=O) groups is 1. The molecule has 0 radical (unpaired) electrons. The van der Waals surface area contributed by atoms with Crippen molar-refractivity contribution in [3.8, 4) is 0 Å². The molecule has 0 saturated heterocycles. The first-order valence-electron chi connectivity index (χ1n) is 5.65. The number of aromatic nitrogens is 1. The number of hydrogen-bond acceptors (Lipinski definition) is 5. The highest BCUT2D eigenvalue weighted by Gasteiger charge is 2.02. The molecule has 0 aliphatic heterocycles. The lowest BCUT2D eigenvalue weighted by Crippen LogP contribution is -2.19. The molecular formula is C13H13N3O2S. The molecule has 0 fully saturated rings. The largest absolute Gasteiger partial charge is 0.463 e. The van der Waals surface area contributed by atoms with Crippen LogP contribution in [0.3, 0.4) is 0 Å². The van der Waals surface area contributed by atoms with Crippen molar-refractivity contribution in [3.63, 3.8) is 0 Å². The van der Waals surface area contributed by atoms with E-state index in [-0.39, 0.29) is 11.7 Å². The van der Waals surface area contributed by atoms with Crippen LogP contribution in [0.15, 0.2) is 51.3 Å². The van der Waals surface area contributed by atoms with Gasteiger partial charge in [0, 0.05) is 6.20 Å². The Morgan fingerprint density at radius 3 is 3.11 bits per heavy atom. The second-order valence-electron chi connectivity index (χ2n) is 3.72. The van der Waals surface area contributed by atoms with Crippen LogP contribution in [0.5, 0.6) is 0 Å². The zero-order valence-electron chi connectivity index (χ0n) is 10.4. The second kappa shape index (κ2) is 6.75. The molecular weight excluding hydrogens is 262 g/mol. The molecule has 0 aliphatic rings. The summed E-state index contributed by atoms with van der Waals surface area (Å²) in [6.07, 6.45) is 4.76. The SMILES string of the molecule is Cc1ccoc1/C=N\NC(=O)CSc1ccccn1. The van der Waals surface area contributed by atoms with E-state index in [1.54, 1.807) is 12.5 Å². The zero-order chi connectivity index (χ0) is 13.5. The summed E-state index contributed by atoms with van der Waals surface area (Å²) in [5, 5.41) is 4.64. The Labute approximate surface area is 115 Å². The Morgan fingerprint density at radius 2 is 2.42 bits per heavy atom. The Balaban J connectivity index is 1.76. The van der Waals surface area contributed by atoms with Crippen molar-refractivity contribution in [2.24, 2.45) is 5.10 Å². The molecule has 0 aromatic carbocycles. The Hall–Kier alpha value is -2.08. The summed E-state index contributed by atoms with van der Waals surface area (Å²) in [5.74, 6) is 0.722. The van der Waals surface area contributed by atoms with Crippen LogP contribution >= 0.6 is 11.8 Å². The van der Waals surface area contributed by atoms with Gasteiger partial charge in [-0.25, -0.2) is 10.4 Å². The number of thioether (sulfide) groups is 1. The molecule has 1 amide bonds. The summed E-state index contributed by atoms with van der Waals surface area (Å²) < 4.78 is 5.16. The van der Waals surface area contributed by atoms with Gasteiger partial charge in [0.2, 0.25) is 5.91 Å². The molecule has 2 rings (SSSR count). The van der Waals surface area contributed by atoms with Crippen molar-refractivity contribution >= 4 is 23.9 Å². The van der Waals surface area contributed by atoms with Gasteiger partial charge < -0.3 is 4.42 Å². The van der Waals surface area contributed by atoms with Gasteiger partial charge in [0.25, 0.3) is 0 Å². The van der Waals surface area contributed by atoms with E-state index in [0.717, 1.165) is 10.6 Å². The van der Waals surface area contributed by atoms with E-state index in [1.807, 2.05) is 31.2 Å². The van der Waals surface area contributed by atoms with E-state index < -0.39 is 0 Å². The molecule has 2 aromatic rings. The third-order valence-electron chi connectivity index (χ3n) is 2.26. The number of hydrogen-bond donors (Lipinski definition) is 1. The Kier molecular flexibility index (Phi) is 4.74. The third kappa shape index (κ3) is 4.26. The molecule has 1 N–H and O–H groups in total. The number of nitrogens with one attached hydrogen (secondary N) is 1. The standard InChI is InChI=1S/C13H13N3O2S/c1-10-5-7-18-11(10)8-15-16-12(17)9-19-13-4-2-3-6-14-13/h2-8H,9H2,1H3,(H,16,17)/b15-8-. The molecule has 0 unspecified atom stereocenters. The average molecular weight is 275 g/mol. The quantitative estimate of drug-likeness (QED) is 0.516. The lowest BCUT2D eigenvalue weighted by atomic mass is 10.3. The van der Waals surface area contributed by atoms with Crippen molar-refractivity contribution in [1.82, 2.24) is 10.4 Å². The van der Waals surface area contributed by atoms with Crippen LogP contribution in [0, 0.1) is 6.92 Å². The number of pyridine rings is 1. The van der Waals surface area contributed by atoms with Crippen LogP contribution in [0.2, 0.25) is 0 Å². The zero-order valence-corrected chi connectivity index (χ0v) is 11.2. The predicted molar refractivity (Wildman–Crippen MR) is 74.1 cm³/mol. The molecule has 2 aromatic heterocycles. The minimum absolute atomic E-state index is 0.184. The second-order valence-corrected chi connectivity index (χ2v) is 4.71. The molecule has 0 spiro atoms. The van der Waals surface area contributed by atoms with Gasteiger partial charge in [-0.2, -0.15) is 5.10 Å². The number of aryl methyl sites for hydroxylation is 1. The fourth-order valence-corrected chi connectivity index (χ4v) is 1.94. The maximum atomic E-state index is 11.5. The van der Waals surface area contributed by atoms with Crippen molar-refractivity contribution < 1.29 is 9.21 Å². The van der Waals surface area contributed by atoms with Crippen LogP contribution in [0.1, 0.15) is 11.3 Å². The smallest absolute Gasteiger partial charge is 0.250 e. The molecule has 0 bridgehead atoms. The fraction of sp³-hybridized carbons (Fsp3) is 0.154. The van der Waals surface area contributed by atoms with E-state index in [4.69, 9.17) is 4.42 Å². The van der Waals surface area contributed by atoms with Gasteiger partial charge in [0.05, 0.1) is 23.3 Å². The third-order valence-corrected chi connectivity index (χ3v) is 3.21. The number of carbonyl (C=O) groups excluding carboxylic acids is 1. The molecule has 6 heteroatoms. The van der Waals surface area contributed by atoms with Gasteiger partial charge in [0.15, 0.2) is 0 Å². The van der Waals surface area contributed by atoms with E-state index >= 15 is 0 Å². The Bertz CT molecular complexity index is 566. The maximum absolute atomic E-state index is 11.5. The molecule has 5 nitrogen and oxygen atoms in total. The number of furan rings is 1. The van der Waals surface area contributed by atoms with Crippen molar-refractivity contribution in [2.45, 2.75) is 11.9 Å². The van der Waals surface area contributed by atoms with Gasteiger partial charge in [-0.15, -0.1) is 0 Å². The van der Waals surface area contributed by atoms with E-state index in [1.165, 1.54) is 18.0 Å². The highest BCUT2D eigenvalue weighted by Crippen LogP contribution is 2.12. The molecule has 2 heterocycles. The lowest BCUT2D eigenvalue weighted by molar-refractivity contribution is -0.118. The number of nitrogens with zero attached hydrogens (tertiary/aromatic N) is 2. The van der Waals surface area contributed by atoms with Gasteiger partial charge in [-0.3, -0.25) is 4.79 Å². The van der Waals surface area contributed by atoms with Crippen molar-refractivity contribution in [3.05, 3.63) is 48.0 Å². The topological polar surface area (TPSA) is 67.5 Å². The summed E-state index contributed by atoms with van der Waals surface area (Å²) in [4.78, 5) is 15.6. The highest BCUT2D eigenvalue weighted by molar-refractivity contribution is 7.99. The first kappa shape index (κ1) is 13.4. The fourth-order valence-electron chi connectivity index (χ4n) is 1.28. The summed E-state index contributed by atoms with van der Waals surface area (Å²) >= 11 is 1.36. The van der Waals surface area contributed by atoms with Crippen LogP contribution in [0.4, 0.5) is 0 Å². The molecule has 19 heavy (non-hydrogen) atoms. The summed E-state index contributed by atoms with van der Waals surface area (Å²) in [7, 11) is 0. The van der Waals surface area contributed by atoms with Crippen LogP contribution in [-0.2, 0) is 4.79 Å². The van der Waals surface area contributed by atoms with E-state index in [0.29, 0.717) is 5.76 Å². The molecule has 0 aliphatic carbocycles. The first-order chi connectivity index (χ1) is 9.25. The summed E-state index contributed by atoms with van der Waals surface area (Å²) in [6, 6.07) is 7.40. The number of amides is 1. The highest BCUT2D eigenvalue weighted by atomic mass is 32.2. The molecule has 98 valence electrons. The number of rotatable bonds is 5. The van der Waals surface area contributed by atoms with Crippen LogP contribution in [-0.4, -0.2) is 22.9 Å². The molecule has 0 atom stereocenters.